The highest BCUT2D eigenvalue weighted by molar-refractivity contribution is 6.15. The molecule has 0 aliphatic carbocycles. The summed E-state index contributed by atoms with van der Waals surface area (Å²) in [4.78, 5) is 2.41. The molecule has 0 atom stereocenters. The van der Waals surface area contributed by atoms with E-state index in [0.717, 1.165) is 77.6 Å². The zero-order valence-corrected chi connectivity index (χ0v) is 29.8. The maximum absolute atomic E-state index is 6.47. The fourth-order valence-electron chi connectivity index (χ4n) is 8.40. The van der Waals surface area contributed by atoms with Crippen LogP contribution >= 0.6 is 0 Å². The lowest BCUT2D eigenvalue weighted by Crippen LogP contribution is -2.12. The van der Waals surface area contributed by atoms with Crippen LogP contribution in [0.3, 0.4) is 0 Å². The summed E-state index contributed by atoms with van der Waals surface area (Å²) in [6.07, 6.45) is 0. The van der Waals surface area contributed by atoms with Gasteiger partial charge >= 0.3 is 0 Å². The summed E-state index contributed by atoms with van der Waals surface area (Å²) < 4.78 is 12.8. The summed E-state index contributed by atoms with van der Waals surface area (Å²) in [5, 5.41) is 6.83. The third-order valence-corrected chi connectivity index (χ3v) is 10.9. The summed E-state index contributed by atoms with van der Waals surface area (Å²) in [5.74, 6) is 0. The van der Waals surface area contributed by atoms with Crippen LogP contribution < -0.4 is 4.90 Å². The zero-order chi connectivity index (χ0) is 36.3. The molecular formula is C52H33NO2. The van der Waals surface area contributed by atoms with Crippen LogP contribution in [-0.2, 0) is 0 Å². The lowest BCUT2D eigenvalue weighted by molar-refractivity contribution is 0.668. The molecule has 0 saturated heterocycles. The van der Waals surface area contributed by atoms with Crippen molar-refractivity contribution >= 4 is 71.7 Å². The van der Waals surface area contributed by atoms with Gasteiger partial charge in [-0.3, -0.25) is 0 Å². The molecule has 9 aromatic carbocycles. The molecule has 0 unspecified atom stereocenters. The Morgan fingerprint density at radius 3 is 1.76 bits per heavy atom. The van der Waals surface area contributed by atoms with Crippen LogP contribution in [0.1, 0.15) is 0 Å². The molecule has 0 bridgehead atoms. The average Bonchev–Trinajstić information content (AvgIpc) is 3.83. The van der Waals surface area contributed by atoms with Gasteiger partial charge in [-0.1, -0.05) is 146 Å². The molecule has 0 N–H and O–H groups in total. The van der Waals surface area contributed by atoms with Crippen molar-refractivity contribution < 1.29 is 8.83 Å². The monoisotopic (exact) mass is 703 g/mol. The van der Waals surface area contributed by atoms with E-state index in [1.807, 2.05) is 24.3 Å². The lowest BCUT2D eigenvalue weighted by Gasteiger charge is -2.29. The first-order chi connectivity index (χ1) is 27.3. The first kappa shape index (κ1) is 31.2. The van der Waals surface area contributed by atoms with Crippen molar-refractivity contribution in [3.63, 3.8) is 0 Å². The summed E-state index contributed by atoms with van der Waals surface area (Å²) in [7, 11) is 0. The molecule has 2 aromatic heterocycles. The minimum Gasteiger partial charge on any atom is -0.456 e. The second-order valence-corrected chi connectivity index (χ2v) is 14.0. The number of furan rings is 2. The topological polar surface area (TPSA) is 29.5 Å². The van der Waals surface area contributed by atoms with Gasteiger partial charge in [0.1, 0.15) is 22.3 Å². The maximum Gasteiger partial charge on any atom is 0.137 e. The van der Waals surface area contributed by atoms with E-state index in [2.05, 4.69) is 181 Å². The quantitative estimate of drug-likeness (QED) is 0.173. The Morgan fingerprint density at radius 1 is 0.309 bits per heavy atom. The van der Waals surface area contributed by atoms with Crippen LogP contribution in [0.25, 0.3) is 88.0 Å². The van der Waals surface area contributed by atoms with Crippen molar-refractivity contribution in [1.82, 2.24) is 0 Å². The van der Waals surface area contributed by atoms with E-state index in [1.54, 1.807) is 0 Å². The second kappa shape index (κ2) is 12.6. The van der Waals surface area contributed by atoms with Gasteiger partial charge in [0.2, 0.25) is 0 Å². The number of anilines is 3. The minimum absolute atomic E-state index is 0.851. The van der Waals surface area contributed by atoms with Crippen LogP contribution in [0.4, 0.5) is 17.1 Å². The van der Waals surface area contributed by atoms with E-state index < -0.39 is 0 Å². The molecule has 11 rings (SSSR count). The first-order valence-corrected chi connectivity index (χ1v) is 18.7. The Bertz CT molecular complexity index is 3220. The van der Waals surface area contributed by atoms with Crippen LogP contribution in [0.5, 0.6) is 0 Å². The summed E-state index contributed by atoms with van der Waals surface area (Å²) in [6, 6.07) is 71.1. The molecule has 0 spiro atoms. The van der Waals surface area contributed by atoms with E-state index in [9.17, 15) is 0 Å². The number of hydrogen-bond acceptors (Lipinski definition) is 3. The van der Waals surface area contributed by atoms with Gasteiger partial charge in [0.05, 0.1) is 16.8 Å². The molecule has 55 heavy (non-hydrogen) atoms. The van der Waals surface area contributed by atoms with Crippen molar-refractivity contribution in [3.05, 3.63) is 200 Å². The van der Waals surface area contributed by atoms with E-state index in [4.69, 9.17) is 8.83 Å². The number of hydrogen-bond donors (Lipinski definition) is 0. The minimum atomic E-state index is 0.851. The Balaban J connectivity index is 1.17. The third kappa shape index (κ3) is 5.13. The molecular weight excluding hydrogens is 671 g/mol. The van der Waals surface area contributed by atoms with E-state index in [0.29, 0.717) is 0 Å². The number of para-hydroxylation sites is 3. The molecule has 3 heteroatoms. The van der Waals surface area contributed by atoms with Crippen molar-refractivity contribution in [1.29, 1.82) is 0 Å². The average molecular weight is 704 g/mol. The number of benzene rings is 9. The molecule has 0 amide bonds. The van der Waals surface area contributed by atoms with Crippen LogP contribution in [0.15, 0.2) is 209 Å². The largest absolute Gasteiger partial charge is 0.456 e. The van der Waals surface area contributed by atoms with Gasteiger partial charge in [0.15, 0.2) is 0 Å². The van der Waals surface area contributed by atoms with Crippen molar-refractivity contribution in [3.8, 4) is 33.4 Å². The number of nitrogens with zero attached hydrogens (tertiary/aromatic N) is 1. The van der Waals surface area contributed by atoms with Gasteiger partial charge in [-0.2, -0.15) is 0 Å². The summed E-state index contributed by atoms with van der Waals surface area (Å²) in [5.41, 5.74) is 13.6. The standard InChI is InChI=1S/C52H33NO2/c1-2-14-34(15-3-1)39-23-11-16-35-17-12-24-43(51(35)39)40-20-4-7-25-45(40)53(46-26-13-29-49-52(46)44-22-6-9-28-48(44)54-49)38-19-10-18-36(32-38)37-30-31-42-41-21-5-8-27-47(41)55-50(42)33-37/h1-33H. The number of rotatable bonds is 6. The molecule has 0 fully saturated rings. The second-order valence-electron chi connectivity index (χ2n) is 14.0. The molecule has 0 saturated carbocycles. The van der Waals surface area contributed by atoms with Crippen molar-refractivity contribution in [2.75, 3.05) is 4.90 Å². The lowest BCUT2D eigenvalue weighted by atomic mass is 9.90. The SMILES string of the molecule is c1ccc(-c2cccc3cccc(-c4ccccc4N(c4cccc(-c5ccc6c(c5)oc5ccccc56)c4)c4cccc5oc6ccccc6c45)c23)cc1. The molecule has 2 heterocycles. The molecule has 11 aromatic rings. The smallest absolute Gasteiger partial charge is 0.137 e. The van der Waals surface area contributed by atoms with Crippen LogP contribution in [0.2, 0.25) is 0 Å². The highest BCUT2D eigenvalue weighted by Crippen LogP contribution is 2.48. The van der Waals surface area contributed by atoms with Gasteiger partial charge in [0.25, 0.3) is 0 Å². The highest BCUT2D eigenvalue weighted by atomic mass is 16.3. The van der Waals surface area contributed by atoms with E-state index >= 15 is 0 Å². The van der Waals surface area contributed by atoms with Gasteiger partial charge < -0.3 is 13.7 Å². The predicted molar refractivity (Wildman–Crippen MR) is 229 cm³/mol. The highest BCUT2D eigenvalue weighted by Gasteiger charge is 2.23. The first-order valence-electron chi connectivity index (χ1n) is 18.7. The fraction of sp³-hybridized carbons (Fsp3) is 0. The normalized spacial score (nSPS) is 11.6. The van der Waals surface area contributed by atoms with Crippen molar-refractivity contribution in [2.45, 2.75) is 0 Å². The zero-order valence-electron chi connectivity index (χ0n) is 29.8. The van der Waals surface area contributed by atoms with Crippen molar-refractivity contribution in [2.24, 2.45) is 0 Å². The van der Waals surface area contributed by atoms with Gasteiger partial charge in [-0.25, -0.2) is 0 Å². The number of fused-ring (bicyclic) bond motifs is 7. The third-order valence-electron chi connectivity index (χ3n) is 10.9. The van der Waals surface area contributed by atoms with Crippen LogP contribution in [0, 0.1) is 0 Å². The Hall–Kier alpha value is -7.36. The van der Waals surface area contributed by atoms with E-state index in [-0.39, 0.29) is 0 Å². The molecule has 0 radical (unpaired) electrons. The Morgan fingerprint density at radius 2 is 0.891 bits per heavy atom. The molecule has 0 aliphatic heterocycles. The molecule has 3 nitrogen and oxygen atoms in total. The summed E-state index contributed by atoms with van der Waals surface area (Å²) >= 11 is 0. The summed E-state index contributed by atoms with van der Waals surface area (Å²) in [6.45, 7) is 0. The van der Waals surface area contributed by atoms with E-state index in [1.165, 1.54) is 27.5 Å². The Labute approximate surface area is 317 Å². The van der Waals surface area contributed by atoms with Gasteiger partial charge in [0, 0.05) is 27.4 Å². The van der Waals surface area contributed by atoms with Gasteiger partial charge in [-0.05, 0) is 93.2 Å². The maximum atomic E-state index is 6.47. The van der Waals surface area contributed by atoms with Crippen LogP contribution in [-0.4, -0.2) is 0 Å². The predicted octanol–water partition coefficient (Wildman–Crippen LogP) is 15.1. The molecule has 258 valence electrons. The Kier molecular flexibility index (Phi) is 7.17. The fourth-order valence-corrected chi connectivity index (χ4v) is 8.40. The van der Waals surface area contributed by atoms with Gasteiger partial charge in [-0.15, -0.1) is 0 Å². The molecule has 0 aliphatic rings.